The fourth-order valence-corrected chi connectivity index (χ4v) is 3.93. The average molecular weight is 286 g/mol. The standard InChI is InChI=1S/C18H26N2O/c1-3-18(21)13-7-9-14(10-8-13)19-15-11-16-5-4-6-17(12-15)20(16)2/h7-10,15-17,19H,3-6,11-12H2,1-2H3. The predicted octanol–water partition coefficient (Wildman–Crippen LogP) is 3.71. The first-order valence-corrected chi connectivity index (χ1v) is 8.29. The van der Waals surface area contributed by atoms with E-state index in [4.69, 9.17) is 0 Å². The molecular formula is C18H26N2O. The van der Waals surface area contributed by atoms with Gasteiger partial charge < -0.3 is 10.2 Å². The molecule has 114 valence electrons. The minimum atomic E-state index is 0.218. The Morgan fingerprint density at radius 2 is 1.81 bits per heavy atom. The molecule has 3 nitrogen and oxygen atoms in total. The molecule has 2 saturated heterocycles. The number of anilines is 1. The number of ketones is 1. The van der Waals surface area contributed by atoms with Crippen molar-refractivity contribution in [2.75, 3.05) is 12.4 Å². The molecule has 1 aromatic carbocycles. The highest BCUT2D eigenvalue weighted by molar-refractivity contribution is 5.96. The summed E-state index contributed by atoms with van der Waals surface area (Å²) in [7, 11) is 2.29. The molecule has 1 N–H and O–H groups in total. The Morgan fingerprint density at radius 1 is 1.19 bits per heavy atom. The van der Waals surface area contributed by atoms with Crippen molar-refractivity contribution in [3.63, 3.8) is 0 Å². The second-order valence-corrected chi connectivity index (χ2v) is 6.57. The quantitative estimate of drug-likeness (QED) is 0.856. The van der Waals surface area contributed by atoms with Crippen LogP contribution in [0.2, 0.25) is 0 Å². The molecule has 3 rings (SSSR count). The van der Waals surface area contributed by atoms with Crippen LogP contribution in [0, 0.1) is 0 Å². The lowest BCUT2D eigenvalue weighted by molar-refractivity contribution is 0.0608. The first-order valence-electron chi connectivity index (χ1n) is 8.29. The molecule has 0 aromatic heterocycles. The number of nitrogens with zero attached hydrogens (tertiary/aromatic N) is 1. The van der Waals surface area contributed by atoms with Crippen LogP contribution in [-0.4, -0.2) is 35.9 Å². The van der Waals surface area contributed by atoms with Crippen LogP contribution >= 0.6 is 0 Å². The zero-order valence-electron chi connectivity index (χ0n) is 13.1. The molecule has 0 spiro atoms. The molecule has 21 heavy (non-hydrogen) atoms. The summed E-state index contributed by atoms with van der Waals surface area (Å²) in [5.41, 5.74) is 1.97. The number of benzene rings is 1. The number of nitrogens with one attached hydrogen (secondary N) is 1. The zero-order valence-corrected chi connectivity index (χ0v) is 13.1. The van der Waals surface area contributed by atoms with E-state index in [2.05, 4.69) is 29.4 Å². The van der Waals surface area contributed by atoms with Crippen molar-refractivity contribution in [3.05, 3.63) is 29.8 Å². The summed E-state index contributed by atoms with van der Waals surface area (Å²) in [6, 6.07) is 10.1. The number of piperidine rings is 2. The highest BCUT2D eigenvalue weighted by Gasteiger charge is 2.35. The van der Waals surface area contributed by atoms with Gasteiger partial charge in [0.05, 0.1) is 0 Å². The fraction of sp³-hybridized carbons (Fsp3) is 0.611. The van der Waals surface area contributed by atoms with Crippen LogP contribution in [0.5, 0.6) is 0 Å². The van der Waals surface area contributed by atoms with E-state index in [1.807, 2.05) is 19.1 Å². The largest absolute Gasteiger partial charge is 0.382 e. The molecule has 2 aliphatic rings. The van der Waals surface area contributed by atoms with Gasteiger partial charge in [-0.25, -0.2) is 0 Å². The number of carbonyl (C=O) groups excluding carboxylic acids is 1. The highest BCUT2D eigenvalue weighted by Crippen LogP contribution is 2.33. The summed E-state index contributed by atoms with van der Waals surface area (Å²) in [6.45, 7) is 1.91. The number of Topliss-reactive ketones (excluding diaryl/α,β-unsaturated/α-hetero) is 1. The Morgan fingerprint density at radius 3 is 2.38 bits per heavy atom. The Hall–Kier alpha value is -1.35. The molecule has 2 bridgehead atoms. The second kappa shape index (κ2) is 6.18. The third-order valence-electron chi connectivity index (χ3n) is 5.24. The van der Waals surface area contributed by atoms with Crippen molar-refractivity contribution < 1.29 is 4.79 Å². The van der Waals surface area contributed by atoms with E-state index in [1.165, 1.54) is 32.1 Å². The highest BCUT2D eigenvalue weighted by atomic mass is 16.1. The van der Waals surface area contributed by atoms with E-state index in [0.717, 1.165) is 23.3 Å². The van der Waals surface area contributed by atoms with Gasteiger partial charge in [0.1, 0.15) is 0 Å². The summed E-state index contributed by atoms with van der Waals surface area (Å²) in [5, 5.41) is 3.68. The summed E-state index contributed by atoms with van der Waals surface area (Å²) < 4.78 is 0. The minimum absolute atomic E-state index is 0.218. The number of rotatable bonds is 4. The van der Waals surface area contributed by atoms with Crippen molar-refractivity contribution in [2.24, 2.45) is 0 Å². The van der Waals surface area contributed by atoms with Gasteiger partial charge in [0.2, 0.25) is 0 Å². The van der Waals surface area contributed by atoms with Crippen LogP contribution in [-0.2, 0) is 0 Å². The third-order valence-corrected chi connectivity index (χ3v) is 5.24. The molecule has 2 fully saturated rings. The first kappa shape index (κ1) is 14.6. The van der Waals surface area contributed by atoms with Gasteiger partial charge in [-0.2, -0.15) is 0 Å². The van der Waals surface area contributed by atoms with Crippen LogP contribution in [0.25, 0.3) is 0 Å². The molecule has 0 radical (unpaired) electrons. The molecule has 2 heterocycles. The van der Waals surface area contributed by atoms with Gasteiger partial charge >= 0.3 is 0 Å². The summed E-state index contributed by atoms with van der Waals surface area (Å²) >= 11 is 0. The molecule has 2 aliphatic heterocycles. The summed E-state index contributed by atoms with van der Waals surface area (Å²) in [4.78, 5) is 14.2. The van der Waals surface area contributed by atoms with E-state index in [0.29, 0.717) is 12.5 Å². The Bertz CT molecular complexity index is 482. The maximum absolute atomic E-state index is 11.7. The minimum Gasteiger partial charge on any atom is -0.382 e. The Kier molecular flexibility index (Phi) is 4.29. The van der Waals surface area contributed by atoms with Crippen LogP contribution in [0.1, 0.15) is 55.8 Å². The molecule has 0 amide bonds. The third kappa shape index (κ3) is 3.13. The van der Waals surface area contributed by atoms with E-state index < -0.39 is 0 Å². The number of carbonyl (C=O) groups is 1. The summed E-state index contributed by atoms with van der Waals surface area (Å²) in [5.74, 6) is 0.218. The first-order chi connectivity index (χ1) is 10.2. The maximum Gasteiger partial charge on any atom is 0.162 e. The van der Waals surface area contributed by atoms with Gasteiger partial charge in [0.15, 0.2) is 5.78 Å². The molecule has 0 aliphatic carbocycles. The lowest BCUT2D eigenvalue weighted by Gasteiger charge is -2.47. The van der Waals surface area contributed by atoms with Crippen molar-refractivity contribution in [1.82, 2.24) is 4.90 Å². The van der Waals surface area contributed by atoms with Crippen LogP contribution in [0.4, 0.5) is 5.69 Å². The maximum atomic E-state index is 11.7. The number of hydrogen-bond acceptors (Lipinski definition) is 3. The van der Waals surface area contributed by atoms with E-state index in [1.54, 1.807) is 0 Å². The lowest BCUT2D eigenvalue weighted by atomic mass is 9.82. The zero-order chi connectivity index (χ0) is 14.8. The van der Waals surface area contributed by atoms with Crippen molar-refractivity contribution in [1.29, 1.82) is 0 Å². The van der Waals surface area contributed by atoms with Gasteiger partial charge in [-0.15, -0.1) is 0 Å². The van der Waals surface area contributed by atoms with Gasteiger partial charge in [-0.3, -0.25) is 4.79 Å². The molecule has 1 aromatic rings. The SMILES string of the molecule is CCC(=O)c1ccc(NC2CC3CCCC(C2)N3C)cc1. The van der Waals surface area contributed by atoms with Gasteiger partial charge in [0.25, 0.3) is 0 Å². The monoisotopic (exact) mass is 286 g/mol. The molecule has 2 atom stereocenters. The van der Waals surface area contributed by atoms with Crippen LogP contribution in [0.15, 0.2) is 24.3 Å². The van der Waals surface area contributed by atoms with Crippen molar-refractivity contribution in [2.45, 2.75) is 63.6 Å². The summed E-state index contributed by atoms with van der Waals surface area (Å²) in [6.07, 6.45) is 7.13. The smallest absolute Gasteiger partial charge is 0.162 e. The molecular weight excluding hydrogens is 260 g/mol. The topological polar surface area (TPSA) is 32.3 Å². The van der Waals surface area contributed by atoms with Crippen molar-refractivity contribution in [3.8, 4) is 0 Å². The molecule has 3 heteroatoms. The Balaban J connectivity index is 1.63. The second-order valence-electron chi connectivity index (χ2n) is 6.57. The van der Waals surface area contributed by atoms with Gasteiger partial charge in [0, 0.05) is 35.8 Å². The van der Waals surface area contributed by atoms with Gasteiger partial charge in [-0.05, 0) is 57.0 Å². The lowest BCUT2D eigenvalue weighted by Crippen LogP contribution is -2.52. The average Bonchev–Trinajstić information content (AvgIpc) is 2.48. The molecule has 0 saturated carbocycles. The van der Waals surface area contributed by atoms with E-state index in [-0.39, 0.29) is 5.78 Å². The number of hydrogen-bond donors (Lipinski definition) is 1. The normalized spacial score (nSPS) is 29.1. The number of fused-ring (bicyclic) bond motifs is 2. The predicted molar refractivity (Wildman–Crippen MR) is 86.9 cm³/mol. The van der Waals surface area contributed by atoms with Crippen molar-refractivity contribution >= 4 is 11.5 Å². The van der Waals surface area contributed by atoms with Gasteiger partial charge in [-0.1, -0.05) is 13.3 Å². The fourth-order valence-electron chi connectivity index (χ4n) is 3.93. The van der Waals surface area contributed by atoms with Crippen LogP contribution in [0.3, 0.4) is 0 Å². The van der Waals surface area contributed by atoms with E-state index in [9.17, 15) is 4.79 Å². The van der Waals surface area contributed by atoms with Crippen LogP contribution < -0.4 is 5.32 Å². The molecule has 2 unspecified atom stereocenters. The van der Waals surface area contributed by atoms with E-state index >= 15 is 0 Å². The Labute approximate surface area is 127 Å².